The first-order valence-electron chi connectivity index (χ1n) is 7.56. The normalized spacial score (nSPS) is 14.0. The molecule has 2 aromatic heterocycles. The summed E-state index contributed by atoms with van der Waals surface area (Å²) in [5.74, 6) is -0.0393. The van der Waals surface area contributed by atoms with Crippen molar-refractivity contribution in [3.05, 3.63) is 52.1 Å². The fourth-order valence-corrected chi connectivity index (χ4v) is 2.50. The molecular formula is C16H20ClN5O2. The highest BCUT2D eigenvalue weighted by Gasteiger charge is 2.13. The molecule has 0 aromatic carbocycles. The number of aromatic nitrogens is 2. The number of H-pyrrole nitrogens is 1. The maximum absolute atomic E-state index is 12.1. The van der Waals surface area contributed by atoms with Crippen molar-refractivity contribution in [2.24, 2.45) is 0 Å². The molecule has 8 heteroatoms. The van der Waals surface area contributed by atoms with Gasteiger partial charge in [-0.05, 0) is 19.1 Å². The number of halogens is 1. The number of aromatic amines is 1. The molecule has 7 nitrogen and oxygen atoms in total. The number of rotatable bonds is 3. The highest BCUT2D eigenvalue weighted by Crippen LogP contribution is 2.15. The number of anilines is 2. The number of pyridine rings is 2. The van der Waals surface area contributed by atoms with Gasteiger partial charge in [0.15, 0.2) is 5.43 Å². The first kappa shape index (κ1) is 18.0. The first-order chi connectivity index (χ1) is 11.1. The Bertz CT molecular complexity index is 754. The minimum absolute atomic E-state index is 0. The fraction of sp³-hybridized carbons (Fsp3) is 0.312. The van der Waals surface area contributed by atoms with E-state index >= 15 is 0 Å². The maximum Gasteiger partial charge on any atom is 0.262 e. The molecule has 24 heavy (non-hydrogen) atoms. The molecule has 1 saturated heterocycles. The van der Waals surface area contributed by atoms with Crippen LogP contribution in [0.3, 0.4) is 0 Å². The van der Waals surface area contributed by atoms with E-state index in [-0.39, 0.29) is 23.4 Å². The van der Waals surface area contributed by atoms with Gasteiger partial charge in [-0.25, -0.2) is 4.98 Å². The number of nitrogens with one attached hydrogen (secondary N) is 3. The quantitative estimate of drug-likeness (QED) is 0.773. The number of carbonyl (C=O) groups is 1. The number of amides is 1. The Morgan fingerprint density at radius 2 is 2.04 bits per heavy atom. The van der Waals surface area contributed by atoms with Gasteiger partial charge in [0.2, 0.25) is 0 Å². The SMILES string of the molecule is Cc1cc(=O)c(C(=O)Nc2ccc(N3CCNCC3)cn2)c[nH]1.Cl. The molecule has 1 aliphatic heterocycles. The Hall–Kier alpha value is -2.38. The van der Waals surface area contributed by atoms with Gasteiger partial charge in [-0.1, -0.05) is 0 Å². The van der Waals surface area contributed by atoms with Crippen molar-refractivity contribution in [1.29, 1.82) is 0 Å². The van der Waals surface area contributed by atoms with Crippen molar-refractivity contribution in [2.45, 2.75) is 6.92 Å². The molecule has 1 fully saturated rings. The van der Waals surface area contributed by atoms with E-state index in [1.807, 2.05) is 6.07 Å². The third-order valence-electron chi connectivity index (χ3n) is 3.77. The van der Waals surface area contributed by atoms with E-state index in [1.165, 1.54) is 12.3 Å². The molecule has 0 spiro atoms. The van der Waals surface area contributed by atoms with Gasteiger partial charge in [0.05, 0.1) is 11.9 Å². The summed E-state index contributed by atoms with van der Waals surface area (Å²) < 4.78 is 0. The topological polar surface area (TPSA) is 90.1 Å². The van der Waals surface area contributed by atoms with Gasteiger partial charge in [0.25, 0.3) is 5.91 Å². The molecule has 2 aromatic rings. The van der Waals surface area contributed by atoms with Gasteiger partial charge in [0, 0.05) is 44.1 Å². The zero-order valence-electron chi connectivity index (χ0n) is 13.3. The summed E-state index contributed by atoms with van der Waals surface area (Å²) in [5, 5.41) is 5.95. The summed E-state index contributed by atoms with van der Waals surface area (Å²) in [4.78, 5) is 33.3. The average Bonchev–Trinajstić information content (AvgIpc) is 2.56. The van der Waals surface area contributed by atoms with Gasteiger partial charge >= 0.3 is 0 Å². The van der Waals surface area contributed by atoms with Crippen LogP contribution in [0.5, 0.6) is 0 Å². The van der Waals surface area contributed by atoms with Gasteiger partial charge in [0.1, 0.15) is 11.4 Å². The molecular weight excluding hydrogens is 330 g/mol. The summed E-state index contributed by atoms with van der Waals surface area (Å²) in [5.41, 5.74) is 1.50. The summed E-state index contributed by atoms with van der Waals surface area (Å²) in [6, 6.07) is 5.07. The van der Waals surface area contributed by atoms with Crippen LogP contribution >= 0.6 is 12.4 Å². The second-order valence-electron chi connectivity index (χ2n) is 5.49. The molecule has 1 amide bonds. The first-order valence-corrected chi connectivity index (χ1v) is 7.56. The van der Waals surface area contributed by atoms with Crippen LogP contribution in [0.2, 0.25) is 0 Å². The van der Waals surface area contributed by atoms with Crippen molar-refractivity contribution in [1.82, 2.24) is 15.3 Å². The highest BCUT2D eigenvalue weighted by molar-refractivity contribution is 6.03. The number of nitrogens with zero attached hydrogens (tertiary/aromatic N) is 2. The molecule has 1 aliphatic rings. The molecule has 0 saturated carbocycles. The Labute approximate surface area is 145 Å². The summed E-state index contributed by atoms with van der Waals surface area (Å²) in [7, 11) is 0. The number of piperazine rings is 1. The highest BCUT2D eigenvalue weighted by atomic mass is 35.5. The molecule has 128 valence electrons. The Balaban J connectivity index is 0.00000208. The molecule has 0 radical (unpaired) electrons. The van der Waals surface area contributed by atoms with Crippen molar-refractivity contribution >= 4 is 29.8 Å². The Morgan fingerprint density at radius 3 is 2.67 bits per heavy atom. The van der Waals surface area contributed by atoms with Crippen LogP contribution in [-0.2, 0) is 0 Å². The summed E-state index contributed by atoms with van der Waals surface area (Å²) in [6.07, 6.45) is 3.16. The van der Waals surface area contributed by atoms with Crippen molar-refractivity contribution in [2.75, 3.05) is 36.4 Å². The molecule has 3 rings (SSSR count). The lowest BCUT2D eigenvalue weighted by Gasteiger charge is -2.29. The van der Waals surface area contributed by atoms with Gasteiger partial charge in [-0.15, -0.1) is 12.4 Å². The van der Waals surface area contributed by atoms with E-state index in [9.17, 15) is 9.59 Å². The zero-order valence-corrected chi connectivity index (χ0v) is 14.2. The predicted octanol–water partition coefficient (Wildman–Crippen LogP) is 1.16. The van der Waals surface area contributed by atoms with Crippen LogP contribution in [0.1, 0.15) is 16.1 Å². The summed E-state index contributed by atoms with van der Waals surface area (Å²) in [6.45, 7) is 5.54. The second-order valence-corrected chi connectivity index (χ2v) is 5.49. The van der Waals surface area contributed by atoms with Crippen molar-refractivity contribution in [3.8, 4) is 0 Å². The lowest BCUT2D eigenvalue weighted by atomic mass is 10.2. The van der Waals surface area contributed by atoms with E-state index in [1.54, 1.807) is 19.2 Å². The zero-order chi connectivity index (χ0) is 16.2. The lowest BCUT2D eigenvalue weighted by molar-refractivity contribution is 0.102. The van der Waals surface area contributed by atoms with Crippen molar-refractivity contribution in [3.63, 3.8) is 0 Å². The van der Waals surface area contributed by atoms with Crippen LogP contribution < -0.4 is 21.0 Å². The predicted molar refractivity (Wildman–Crippen MR) is 96.3 cm³/mol. The van der Waals surface area contributed by atoms with Crippen LogP contribution in [-0.4, -0.2) is 42.1 Å². The van der Waals surface area contributed by atoms with E-state index in [2.05, 4.69) is 25.5 Å². The standard InChI is InChI=1S/C16H19N5O2.ClH/c1-11-8-14(22)13(10-18-11)16(23)20-15-3-2-12(9-19-15)21-6-4-17-5-7-21;/h2-3,8-10,17H,4-7H2,1H3,(H,18,22)(H,19,20,23);1H. The van der Waals surface area contributed by atoms with Gasteiger partial charge in [-0.2, -0.15) is 0 Å². The van der Waals surface area contributed by atoms with Crippen LogP contribution in [0.25, 0.3) is 0 Å². The molecule has 3 N–H and O–H groups in total. The monoisotopic (exact) mass is 349 g/mol. The molecule has 0 bridgehead atoms. The van der Waals surface area contributed by atoms with Crippen LogP contribution in [0.4, 0.5) is 11.5 Å². The molecule has 0 atom stereocenters. The van der Waals surface area contributed by atoms with Crippen LogP contribution in [0, 0.1) is 6.92 Å². The Kier molecular flexibility index (Phi) is 5.94. The number of aryl methyl sites for hydroxylation is 1. The number of hydrogen-bond acceptors (Lipinski definition) is 5. The third kappa shape index (κ3) is 4.12. The van der Waals surface area contributed by atoms with E-state index in [4.69, 9.17) is 0 Å². The average molecular weight is 350 g/mol. The third-order valence-corrected chi connectivity index (χ3v) is 3.77. The van der Waals surface area contributed by atoms with E-state index < -0.39 is 5.91 Å². The molecule has 0 unspecified atom stereocenters. The van der Waals surface area contributed by atoms with Gasteiger partial charge < -0.3 is 20.5 Å². The second kappa shape index (κ2) is 7.94. The number of hydrogen-bond donors (Lipinski definition) is 3. The summed E-state index contributed by atoms with van der Waals surface area (Å²) >= 11 is 0. The largest absolute Gasteiger partial charge is 0.368 e. The number of carbonyl (C=O) groups excluding carboxylic acids is 1. The maximum atomic E-state index is 12.1. The van der Waals surface area contributed by atoms with E-state index in [0.717, 1.165) is 31.9 Å². The fourth-order valence-electron chi connectivity index (χ4n) is 2.50. The minimum Gasteiger partial charge on any atom is -0.368 e. The Morgan fingerprint density at radius 1 is 1.29 bits per heavy atom. The van der Waals surface area contributed by atoms with E-state index in [0.29, 0.717) is 11.5 Å². The molecule has 3 heterocycles. The lowest BCUT2D eigenvalue weighted by Crippen LogP contribution is -2.43. The molecule has 0 aliphatic carbocycles. The minimum atomic E-state index is -0.464. The van der Waals surface area contributed by atoms with Gasteiger partial charge in [-0.3, -0.25) is 9.59 Å². The van der Waals surface area contributed by atoms with Crippen LogP contribution in [0.15, 0.2) is 35.4 Å². The van der Waals surface area contributed by atoms with Crippen molar-refractivity contribution < 1.29 is 4.79 Å². The smallest absolute Gasteiger partial charge is 0.262 e.